The number of benzene rings is 1. The second kappa shape index (κ2) is 7.34. The molecule has 0 radical (unpaired) electrons. The fraction of sp³-hybridized carbons (Fsp3) is 0.421. The highest BCUT2D eigenvalue weighted by molar-refractivity contribution is 5.68. The van der Waals surface area contributed by atoms with Crippen LogP contribution in [0.2, 0.25) is 0 Å². The van der Waals surface area contributed by atoms with Gasteiger partial charge in [0.25, 0.3) is 0 Å². The average Bonchev–Trinajstić information content (AvgIpc) is 2.98. The first-order valence-corrected chi connectivity index (χ1v) is 8.35. The van der Waals surface area contributed by atoms with Gasteiger partial charge in [-0.05, 0) is 31.0 Å². The van der Waals surface area contributed by atoms with Crippen molar-refractivity contribution in [1.82, 2.24) is 9.47 Å². The van der Waals surface area contributed by atoms with Crippen LogP contribution in [0.3, 0.4) is 0 Å². The second-order valence-corrected chi connectivity index (χ2v) is 6.23. The van der Waals surface area contributed by atoms with Crippen LogP contribution in [0.5, 0.6) is 0 Å². The first-order valence-electron chi connectivity index (χ1n) is 8.35. The maximum atomic E-state index is 13.2. The van der Waals surface area contributed by atoms with Crippen molar-refractivity contribution in [3.8, 4) is 17.2 Å². The maximum absolute atomic E-state index is 13.2. The normalized spacial score (nSPS) is 16.8. The Hall–Kier alpha value is -2.23. The lowest BCUT2D eigenvalue weighted by molar-refractivity contribution is 0.0198. The minimum atomic E-state index is -2.72. The summed E-state index contributed by atoms with van der Waals surface area (Å²) in [7, 11) is 0. The number of nitriles is 1. The summed E-state index contributed by atoms with van der Waals surface area (Å²) < 4.78 is 32.5. The Morgan fingerprint density at radius 2 is 1.80 bits per heavy atom. The molecule has 0 amide bonds. The number of alkyl halides is 2. The molecule has 1 saturated heterocycles. The van der Waals surface area contributed by atoms with E-state index in [0.29, 0.717) is 11.3 Å². The van der Waals surface area contributed by atoms with Gasteiger partial charge in [0.15, 0.2) is 0 Å². The zero-order valence-corrected chi connectivity index (χ0v) is 14.4. The van der Waals surface area contributed by atoms with Gasteiger partial charge >= 0.3 is 6.55 Å². The Kier molecular flexibility index (Phi) is 5.16. The van der Waals surface area contributed by atoms with Crippen LogP contribution in [-0.4, -0.2) is 35.8 Å². The van der Waals surface area contributed by atoms with E-state index in [1.165, 1.54) is 11.6 Å². The van der Waals surface area contributed by atoms with Crippen LogP contribution in [0, 0.1) is 18.3 Å². The van der Waals surface area contributed by atoms with Crippen LogP contribution in [0.4, 0.5) is 8.78 Å². The topological polar surface area (TPSA) is 41.2 Å². The lowest BCUT2D eigenvalue weighted by Gasteiger charge is -2.32. The van der Waals surface area contributed by atoms with E-state index >= 15 is 0 Å². The van der Waals surface area contributed by atoms with Crippen LogP contribution in [-0.2, 0) is 4.74 Å². The lowest BCUT2D eigenvalue weighted by Crippen LogP contribution is -2.37. The van der Waals surface area contributed by atoms with E-state index in [2.05, 4.69) is 11.8 Å². The highest BCUT2D eigenvalue weighted by Crippen LogP contribution is 2.31. The van der Waals surface area contributed by atoms with Crippen molar-refractivity contribution >= 4 is 0 Å². The van der Waals surface area contributed by atoms with Gasteiger partial charge in [-0.3, -0.25) is 9.47 Å². The minimum Gasteiger partial charge on any atom is -0.379 e. The number of aromatic nitrogens is 1. The van der Waals surface area contributed by atoms with Gasteiger partial charge in [-0.25, -0.2) is 0 Å². The molecule has 1 aliphatic rings. The van der Waals surface area contributed by atoms with Crippen molar-refractivity contribution < 1.29 is 13.5 Å². The highest BCUT2D eigenvalue weighted by Gasteiger charge is 2.20. The summed E-state index contributed by atoms with van der Waals surface area (Å²) in [5.74, 6) is 0. The van der Waals surface area contributed by atoms with Gasteiger partial charge in [-0.1, -0.05) is 24.3 Å². The number of nitrogens with zero attached hydrogens (tertiary/aromatic N) is 3. The van der Waals surface area contributed by atoms with E-state index < -0.39 is 6.55 Å². The average molecular weight is 345 g/mol. The molecule has 2 aromatic rings. The van der Waals surface area contributed by atoms with E-state index in [4.69, 9.17) is 10.00 Å². The SMILES string of the molecule is Cc1c(-c2ccc(C(C)N3CCOCC3)cc2)cc(C#N)n1C(F)F. The number of morpholine rings is 1. The Bertz CT molecular complexity index is 771. The van der Waals surface area contributed by atoms with Crippen LogP contribution in [0.1, 0.15) is 36.5 Å². The quantitative estimate of drug-likeness (QED) is 0.837. The molecule has 6 heteroatoms. The van der Waals surface area contributed by atoms with Gasteiger partial charge in [0.2, 0.25) is 0 Å². The zero-order chi connectivity index (χ0) is 18.0. The predicted molar refractivity (Wildman–Crippen MR) is 91.4 cm³/mol. The molecule has 0 aliphatic carbocycles. The van der Waals surface area contributed by atoms with Gasteiger partial charge in [0.05, 0.1) is 13.2 Å². The first kappa shape index (κ1) is 17.6. The molecule has 0 spiro atoms. The molecular weight excluding hydrogens is 324 g/mol. The molecule has 0 saturated carbocycles. The van der Waals surface area contributed by atoms with E-state index in [9.17, 15) is 8.78 Å². The summed E-state index contributed by atoms with van der Waals surface area (Å²) in [6, 6.07) is 11.6. The first-order chi connectivity index (χ1) is 12.0. The van der Waals surface area contributed by atoms with E-state index in [0.717, 1.165) is 36.4 Å². The zero-order valence-electron chi connectivity index (χ0n) is 14.4. The second-order valence-electron chi connectivity index (χ2n) is 6.23. The molecule has 2 heterocycles. The fourth-order valence-electron chi connectivity index (χ4n) is 3.37. The number of hydrogen-bond acceptors (Lipinski definition) is 3. The molecule has 1 atom stereocenters. The number of hydrogen-bond donors (Lipinski definition) is 0. The van der Waals surface area contributed by atoms with Crippen molar-refractivity contribution in [1.29, 1.82) is 5.26 Å². The third-order valence-electron chi connectivity index (χ3n) is 4.90. The highest BCUT2D eigenvalue weighted by atomic mass is 19.3. The van der Waals surface area contributed by atoms with E-state index in [1.807, 2.05) is 30.3 Å². The molecule has 1 fully saturated rings. The van der Waals surface area contributed by atoms with Crippen LogP contribution >= 0.6 is 0 Å². The fourth-order valence-corrected chi connectivity index (χ4v) is 3.37. The molecule has 25 heavy (non-hydrogen) atoms. The third-order valence-corrected chi connectivity index (χ3v) is 4.90. The molecule has 1 aliphatic heterocycles. The van der Waals surface area contributed by atoms with Crippen LogP contribution in [0.25, 0.3) is 11.1 Å². The van der Waals surface area contributed by atoms with E-state index in [1.54, 1.807) is 6.92 Å². The molecule has 132 valence electrons. The van der Waals surface area contributed by atoms with Gasteiger partial charge in [-0.2, -0.15) is 14.0 Å². The van der Waals surface area contributed by atoms with Crippen molar-refractivity contribution in [2.24, 2.45) is 0 Å². The Labute approximate surface area is 146 Å². The molecule has 1 aromatic heterocycles. The third kappa shape index (κ3) is 3.44. The number of rotatable bonds is 4. The molecule has 4 nitrogen and oxygen atoms in total. The molecule has 1 aromatic carbocycles. The Morgan fingerprint density at radius 1 is 1.16 bits per heavy atom. The van der Waals surface area contributed by atoms with Crippen molar-refractivity contribution in [2.45, 2.75) is 26.4 Å². The minimum absolute atomic E-state index is 0.0201. The van der Waals surface area contributed by atoms with Crippen LogP contribution in [0.15, 0.2) is 30.3 Å². The molecule has 3 rings (SSSR count). The summed E-state index contributed by atoms with van der Waals surface area (Å²) in [5, 5.41) is 9.09. The van der Waals surface area contributed by atoms with Gasteiger partial charge < -0.3 is 4.74 Å². The van der Waals surface area contributed by atoms with Gasteiger partial charge in [-0.15, -0.1) is 0 Å². The molecule has 0 N–H and O–H groups in total. The van der Waals surface area contributed by atoms with E-state index in [-0.39, 0.29) is 11.7 Å². The largest absolute Gasteiger partial charge is 0.379 e. The molecule has 1 unspecified atom stereocenters. The summed E-state index contributed by atoms with van der Waals surface area (Å²) in [6.45, 7) is 4.37. The summed E-state index contributed by atoms with van der Waals surface area (Å²) in [4.78, 5) is 2.37. The monoisotopic (exact) mass is 345 g/mol. The molecular formula is C19H21F2N3O. The maximum Gasteiger partial charge on any atom is 0.319 e. The van der Waals surface area contributed by atoms with Crippen LogP contribution < -0.4 is 0 Å². The van der Waals surface area contributed by atoms with Gasteiger partial charge in [0, 0.05) is 30.4 Å². The summed E-state index contributed by atoms with van der Waals surface area (Å²) >= 11 is 0. The molecule has 0 bridgehead atoms. The van der Waals surface area contributed by atoms with Crippen molar-refractivity contribution in [3.05, 3.63) is 47.3 Å². The standard InChI is InChI=1S/C19H21F2N3O/c1-13(23-7-9-25-10-8-23)15-3-5-16(6-4-15)18-11-17(12-22)24(14(18)2)19(20)21/h3-6,11,13,19H,7-10H2,1-2H3. The smallest absolute Gasteiger partial charge is 0.319 e. The number of ether oxygens (including phenoxy) is 1. The van der Waals surface area contributed by atoms with Crippen molar-refractivity contribution in [2.75, 3.05) is 26.3 Å². The van der Waals surface area contributed by atoms with Gasteiger partial charge in [0.1, 0.15) is 11.8 Å². The summed E-state index contributed by atoms with van der Waals surface area (Å²) in [5.41, 5.74) is 3.07. The summed E-state index contributed by atoms with van der Waals surface area (Å²) in [6.07, 6.45) is 0. The van der Waals surface area contributed by atoms with Crippen molar-refractivity contribution in [3.63, 3.8) is 0 Å². The number of halogens is 2. The lowest BCUT2D eigenvalue weighted by atomic mass is 10.0. The predicted octanol–water partition coefficient (Wildman–Crippen LogP) is 4.12. The Balaban J connectivity index is 1.87. The Morgan fingerprint density at radius 3 is 2.32 bits per heavy atom.